The van der Waals surface area contributed by atoms with Gasteiger partial charge in [0.2, 0.25) is 11.8 Å². The molecule has 3 N–H and O–H groups in total. The Morgan fingerprint density at radius 3 is 2.68 bits per heavy atom. The standard InChI is InChI=1S/C19H27N3O3/c1-18(2)16-14(10-7-11-25-16)19(18,20)17(24)22(3)12-15(23)21-13-8-5-4-6-9-13/h4-6,8-9,14,16H,7,10-12,20H2,1-3H3,(H,21,23). The zero-order valence-corrected chi connectivity index (χ0v) is 15.1. The SMILES string of the molecule is CN(CC(=O)Nc1ccccc1)C(=O)C1(N)C2CCCOC2C1(C)C. The van der Waals surface area contributed by atoms with Crippen LogP contribution >= 0.6 is 0 Å². The zero-order valence-electron chi connectivity index (χ0n) is 15.1. The molecule has 3 rings (SSSR count). The molecule has 1 aromatic rings. The molecule has 6 heteroatoms. The lowest BCUT2D eigenvalue weighted by Crippen LogP contribution is -2.82. The summed E-state index contributed by atoms with van der Waals surface area (Å²) in [4.78, 5) is 26.7. The molecule has 3 unspecified atom stereocenters. The molecule has 1 heterocycles. The summed E-state index contributed by atoms with van der Waals surface area (Å²) in [6, 6.07) is 9.19. The molecule has 6 nitrogen and oxygen atoms in total. The maximum atomic E-state index is 13.1. The van der Waals surface area contributed by atoms with Crippen LogP contribution in [0.25, 0.3) is 0 Å². The molecule has 0 bridgehead atoms. The minimum absolute atomic E-state index is 0.0155. The second-order valence-corrected chi connectivity index (χ2v) is 7.71. The quantitative estimate of drug-likeness (QED) is 0.868. The number of ether oxygens (including phenoxy) is 1. The highest BCUT2D eigenvalue weighted by Gasteiger charge is 2.70. The number of nitrogens with two attached hydrogens (primary N) is 1. The van der Waals surface area contributed by atoms with Crippen LogP contribution in [-0.4, -0.2) is 48.6 Å². The smallest absolute Gasteiger partial charge is 0.243 e. The van der Waals surface area contributed by atoms with E-state index in [9.17, 15) is 9.59 Å². The summed E-state index contributed by atoms with van der Waals surface area (Å²) in [6.45, 7) is 4.66. The highest BCUT2D eigenvalue weighted by Crippen LogP contribution is 2.57. The Hall–Kier alpha value is -1.92. The number of hydrogen-bond donors (Lipinski definition) is 2. The van der Waals surface area contributed by atoms with E-state index in [0.29, 0.717) is 5.69 Å². The van der Waals surface area contributed by atoms with Crippen molar-refractivity contribution in [3.63, 3.8) is 0 Å². The lowest BCUT2D eigenvalue weighted by molar-refractivity contribution is -0.229. The van der Waals surface area contributed by atoms with E-state index >= 15 is 0 Å². The number of para-hydroxylation sites is 1. The monoisotopic (exact) mass is 345 g/mol. The minimum atomic E-state index is -0.986. The lowest BCUT2D eigenvalue weighted by Gasteiger charge is -2.65. The Kier molecular flexibility index (Phi) is 4.60. The fourth-order valence-electron chi connectivity index (χ4n) is 4.34. The summed E-state index contributed by atoms with van der Waals surface area (Å²) < 4.78 is 5.85. The third kappa shape index (κ3) is 2.83. The largest absolute Gasteiger partial charge is 0.377 e. The normalized spacial score (nSPS) is 29.9. The first-order chi connectivity index (χ1) is 11.8. The van der Waals surface area contributed by atoms with Gasteiger partial charge in [0.1, 0.15) is 5.54 Å². The van der Waals surface area contributed by atoms with E-state index in [0.717, 1.165) is 19.4 Å². The van der Waals surface area contributed by atoms with Gasteiger partial charge in [-0.2, -0.15) is 0 Å². The van der Waals surface area contributed by atoms with Gasteiger partial charge in [-0.3, -0.25) is 9.59 Å². The highest BCUT2D eigenvalue weighted by molar-refractivity contribution is 5.97. The van der Waals surface area contributed by atoms with E-state index < -0.39 is 11.0 Å². The maximum absolute atomic E-state index is 13.1. The van der Waals surface area contributed by atoms with Gasteiger partial charge in [0.05, 0.1) is 12.6 Å². The number of benzene rings is 1. The van der Waals surface area contributed by atoms with Crippen LogP contribution in [0.4, 0.5) is 5.69 Å². The van der Waals surface area contributed by atoms with E-state index in [1.807, 2.05) is 44.2 Å². The molecule has 25 heavy (non-hydrogen) atoms. The Balaban J connectivity index is 1.66. The van der Waals surface area contributed by atoms with Crippen molar-refractivity contribution in [2.24, 2.45) is 17.1 Å². The molecule has 1 aliphatic carbocycles. The molecular weight excluding hydrogens is 318 g/mol. The van der Waals surface area contributed by atoms with E-state index in [2.05, 4.69) is 5.32 Å². The Labute approximate surface area is 148 Å². The van der Waals surface area contributed by atoms with Crippen LogP contribution in [0.2, 0.25) is 0 Å². The summed E-state index contributed by atoms with van der Waals surface area (Å²) in [5, 5.41) is 2.79. The number of rotatable bonds is 4. The zero-order chi connectivity index (χ0) is 18.2. The predicted molar refractivity (Wildman–Crippen MR) is 95.9 cm³/mol. The Bertz CT molecular complexity index is 661. The van der Waals surface area contributed by atoms with Crippen LogP contribution < -0.4 is 11.1 Å². The molecule has 1 saturated carbocycles. The van der Waals surface area contributed by atoms with Crippen molar-refractivity contribution in [1.82, 2.24) is 4.90 Å². The maximum Gasteiger partial charge on any atom is 0.243 e. The summed E-state index contributed by atoms with van der Waals surface area (Å²) in [5.74, 6) is -0.407. The molecular formula is C19H27N3O3. The molecule has 2 amide bonds. The van der Waals surface area contributed by atoms with Gasteiger partial charge in [-0.15, -0.1) is 0 Å². The lowest BCUT2D eigenvalue weighted by atomic mass is 9.46. The molecule has 0 aromatic heterocycles. The fraction of sp³-hybridized carbons (Fsp3) is 0.579. The van der Waals surface area contributed by atoms with Crippen molar-refractivity contribution in [3.05, 3.63) is 30.3 Å². The number of hydrogen-bond acceptors (Lipinski definition) is 4. The molecule has 136 valence electrons. The fourth-order valence-corrected chi connectivity index (χ4v) is 4.34. The second kappa shape index (κ2) is 6.42. The van der Waals surface area contributed by atoms with Crippen molar-refractivity contribution in [2.45, 2.75) is 38.3 Å². The number of likely N-dealkylation sites (N-methyl/N-ethyl adjacent to an activating group) is 1. The highest BCUT2D eigenvalue weighted by atomic mass is 16.5. The van der Waals surface area contributed by atoms with Gasteiger partial charge in [-0.1, -0.05) is 32.0 Å². The molecule has 0 spiro atoms. The topological polar surface area (TPSA) is 84.7 Å². The number of amides is 2. The molecule has 2 fully saturated rings. The molecule has 3 atom stereocenters. The molecule has 0 radical (unpaired) electrons. The van der Waals surface area contributed by atoms with E-state index in [-0.39, 0.29) is 30.4 Å². The Morgan fingerprint density at radius 1 is 1.32 bits per heavy atom. The van der Waals surface area contributed by atoms with Crippen LogP contribution in [0, 0.1) is 11.3 Å². The first kappa shape index (κ1) is 17.9. The molecule has 1 aliphatic heterocycles. The van der Waals surface area contributed by atoms with E-state index in [4.69, 9.17) is 10.5 Å². The summed E-state index contributed by atoms with van der Waals surface area (Å²) in [7, 11) is 1.63. The van der Waals surface area contributed by atoms with E-state index in [1.54, 1.807) is 7.05 Å². The summed E-state index contributed by atoms with van der Waals surface area (Å²) in [5.41, 5.74) is 5.88. The van der Waals surface area contributed by atoms with Gasteiger partial charge in [-0.25, -0.2) is 0 Å². The van der Waals surface area contributed by atoms with Gasteiger partial charge < -0.3 is 20.7 Å². The van der Waals surface area contributed by atoms with Crippen LogP contribution in [-0.2, 0) is 14.3 Å². The third-order valence-corrected chi connectivity index (χ3v) is 5.82. The van der Waals surface area contributed by atoms with Crippen LogP contribution in [0.5, 0.6) is 0 Å². The van der Waals surface area contributed by atoms with Crippen molar-refractivity contribution in [3.8, 4) is 0 Å². The predicted octanol–water partition coefficient (Wildman–Crippen LogP) is 1.62. The molecule has 1 saturated heterocycles. The molecule has 1 aromatic carbocycles. The van der Waals surface area contributed by atoms with Crippen molar-refractivity contribution in [2.75, 3.05) is 25.5 Å². The number of carbonyl (C=O) groups is 2. The number of nitrogens with one attached hydrogen (secondary N) is 1. The first-order valence-corrected chi connectivity index (χ1v) is 8.79. The van der Waals surface area contributed by atoms with Crippen LogP contribution in [0.1, 0.15) is 26.7 Å². The average Bonchev–Trinajstić information content (AvgIpc) is 2.61. The van der Waals surface area contributed by atoms with Crippen molar-refractivity contribution < 1.29 is 14.3 Å². The van der Waals surface area contributed by atoms with Crippen LogP contribution in [0.3, 0.4) is 0 Å². The number of nitrogens with zero attached hydrogens (tertiary/aromatic N) is 1. The van der Waals surface area contributed by atoms with Crippen LogP contribution in [0.15, 0.2) is 30.3 Å². The minimum Gasteiger partial charge on any atom is -0.377 e. The summed E-state index contributed by atoms with van der Waals surface area (Å²) in [6.07, 6.45) is 1.82. The summed E-state index contributed by atoms with van der Waals surface area (Å²) >= 11 is 0. The van der Waals surface area contributed by atoms with Crippen molar-refractivity contribution in [1.29, 1.82) is 0 Å². The second-order valence-electron chi connectivity index (χ2n) is 7.71. The van der Waals surface area contributed by atoms with Gasteiger partial charge in [0, 0.05) is 30.7 Å². The van der Waals surface area contributed by atoms with Gasteiger partial charge in [-0.05, 0) is 25.0 Å². The Morgan fingerprint density at radius 2 is 2.00 bits per heavy atom. The average molecular weight is 345 g/mol. The third-order valence-electron chi connectivity index (χ3n) is 5.82. The van der Waals surface area contributed by atoms with Crippen molar-refractivity contribution >= 4 is 17.5 Å². The number of anilines is 1. The van der Waals surface area contributed by atoms with Gasteiger partial charge >= 0.3 is 0 Å². The van der Waals surface area contributed by atoms with E-state index in [1.165, 1.54) is 4.90 Å². The van der Waals surface area contributed by atoms with Gasteiger partial charge in [0.15, 0.2) is 0 Å². The number of fused-ring (bicyclic) bond motifs is 1. The number of carbonyl (C=O) groups excluding carboxylic acids is 2. The molecule has 2 aliphatic rings. The first-order valence-electron chi connectivity index (χ1n) is 8.79. The van der Waals surface area contributed by atoms with Gasteiger partial charge in [0.25, 0.3) is 0 Å².